The van der Waals surface area contributed by atoms with E-state index in [9.17, 15) is 9.90 Å². The zero-order valence-corrected chi connectivity index (χ0v) is 14.4. The molecule has 0 saturated carbocycles. The molecule has 0 spiro atoms. The van der Waals surface area contributed by atoms with Crippen molar-refractivity contribution in [2.24, 2.45) is 11.3 Å². The lowest BCUT2D eigenvalue weighted by molar-refractivity contribution is -0.538. The highest BCUT2D eigenvalue weighted by atomic mass is 16.4. The number of carboxylic acids is 1. The molecule has 126 valence electrons. The van der Waals surface area contributed by atoms with Crippen LogP contribution in [-0.2, 0) is 11.2 Å². The van der Waals surface area contributed by atoms with Gasteiger partial charge < -0.3 is 10.1 Å². The first kappa shape index (κ1) is 15.4. The van der Waals surface area contributed by atoms with Crippen LogP contribution in [-0.4, -0.2) is 39.4 Å². The van der Waals surface area contributed by atoms with Crippen LogP contribution in [0.25, 0.3) is 10.9 Å². The summed E-state index contributed by atoms with van der Waals surface area (Å²) in [5, 5.41) is 11.1. The van der Waals surface area contributed by atoms with Crippen LogP contribution in [0.4, 0.5) is 0 Å². The summed E-state index contributed by atoms with van der Waals surface area (Å²) < 4.78 is 2.45. The average Bonchev–Trinajstić information content (AvgIpc) is 2.99. The molecule has 0 fully saturated rings. The number of hydrogen-bond donors (Lipinski definition) is 2. The number of aromatic nitrogens is 1. The molecular weight excluding hydrogens is 300 g/mol. The lowest BCUT2D eigenvalue weighted by Crippen LogP contribution is -2.51. The van der Waals surface area contributed by atoms with E-state index in [1.54, 1.807) is 0 Å². The number of fused-ring (bicyclic) bond motifs is 4. The number of carboxylic acid groups (broad SMARTS) is 1. The summed E-state index contributed by atoms with van der Waals surface area (Å²) in [6.45, 7) is 6.07. The topological polar surface area (TPSA) is 56.1 Å². The van der Waals surface area contributed by atoms with E-state index in [0.717, 1.165) is 44.3 Å². The molecule has 0 bridgehead atoms. The third-order valence-electron chi connectivity index (χ3n) is 6.35. The van der Waals surface area contributed by atoms with Gasteiger partial charge in [-0.1, -0.05) is 32.0 Å². The molecule has 0 amide bonds. The van der Waals surface area contributed by atoms with Gasteiger partial charge in [-0.15, -0.1) is 0 Å². The first-order valence-corrected chi connectivity index (χ1v) is 9.03. The zero-order valence-electron chi connectivity index (χ0n) is 14.4. The quantitative estimate of drug-likeness (QED) is 0.849. The lowest BCUT2D eigenvalue weighted by atomic mass is 9.64. The van der Waals surface area contributed by atoms with E-state index in [0.29, 0.717) is 0 Å². The van der Waals surface area contributed by atoms with Crippen LogP contribution in [0, 0.1) is 11.3 Å². The molecule has 4 nitrogen and oxygen atoms in total. The number of aliphatic carboxylic acids is 1. The molecule has 4 heteroatoms. The van der Waals surface area contributed by atoms with Crippen molar-refractivity contribution in [3.8, 4) is 0 Å². The highest BCUT2D eigenvalue weighted by Gasteiger charge is 2.52. The van der Waals surface area contributed by atoms with Crippen LogP contribution in [0.5, 0.6) is 0 Å². The molecule has 24 heavy (non-hydrogen) atoms. The molecule has 0 saturated heterocycles. The first-order chi connectivity index (χ1) is 11.6. The van der Waals surface area contributed by atoms with Crippen molar-refractivity contribution in [3.63, 3.8) is 0 Å². The SMILES string of the molecule is CCC1(C(C)C(=O)O)CCC[N+]2=C1c1[nH]c3ccccc3c1CC2. The summed E-state index contributed by atoms with van der Waals surface area (Å²) in [5.41, 5.74) is 4.70. The monoisotopic (exact) mass is 325 g/mol. The molecule has 2 aliphatic rings. The van der Waals surface area contributed by atoms with Gasteiger partial charge in [0.1, 0.15) is 18.8 Å². The van der Waals surface area contributed by atoms with E-state index >= 15 is 0 Å². The van der Waals surface area contributed by atoms with Crippen LogP contribution < -0.4 is 0 Å². The summed E-state index contributed by atoms with van der Waals surface area (Å²) in [6, 6.07) is 8.44. The molecule has 2 N–H and O–H groups in total. The minimum absolute atomic E-state index is 0.278. The van der Waals surface area contributed by atoms with Crippen LogP contribution in [0.3, 0.4) is 0 Å². The minimum atomic E-state index is -0.686. The highest BCUT2D eigenvalue weighted by Crippen LogP contribution is 2.45. The normalized spacial score (nSPS) is 24.6. The Bertz CT molecular complexity index is 848. The van der Waals surface area contributed by atoms with E-state index < -0.39 is 5.97 Å². The zero-order chi connectivity index (χ0) is 16.9. The summed E-state index contributed by atoms with van der Waals surface area (Å²) in [5.74, 6) is -1.06. The van der Waals surface area contributed by atoms with Gasteiger partial charge in [0.15, 0.2) is 0 Å². The number of nitrogens with one attached hydrogen (secondary N) is 1. The van der Waals surface area contributed by atoms with E-state index in [-0.39, 0.29) is 11.3 Å². The third-order valence-corrected chi connectivity index (χ3v) is 6.35. The molecular formula is C20H25N2O2+. The van der Waals surface area contributed by atoms with Gasteiger partial charge in [-0.3, -0.25) is 4.79 Å². The predicted molar refractivity (Wildman–Crippen MR) is 94.9 cm³/mol. The van der Waals surface area contributed by atoms with E-state index in [1.165, 1.54) is 22.4 Å². The van der Waals surface area contributed by atoms with E-state index in [4.69, 9.17) is 0 Å². The number of para-hydroxylation sites is 1. The second-order valence-corrected chi connectivity index (χ2v) is 7.28. The Morgan fingerprint density at radius 2 is 2.17 bits per heavy atom. The molecule has 0 aliphatic carbocycles. The molecule has 0 radical (unpaired) electrons. The van der Waals surface area contributed by atoms with Crippen molar-refractivity contribution in [3.05, 3.63) is 35.5 Å². The smallest absolute Gasteiger partial charge is 0.307 e. The number of carbonyl (C=O) groups is 1. The molecule has 1 aromatic heterocycles. The van der Waals surface area contributed by atoms with Gasteiger partial charge in [0, 0.05) is 23.7 Å². The predicted octanol–water partition coefficient (Wildman–Crippen LogP) is 3.44. The first-order valence-electron chi connectivity index (χ1n) is 9.03. The van der Waals surface area contributed by atoms with Crippen LogP contribution in [0.15, 0.2) is 24.3 Å². The van der Waals surface area contributed by atoms with E-state index in [1.807, 2.05) is 6.92 Å². The molecule has 2 aromatic rings. The fraction of sp³-hybridized carbons (Fsp3) is 0.500. The van der Waals surface area contributed by atoms with Gasteiger partial charge in [0.25, 0.3) is 0 Å². The van der Waals surface area contributed by atoms with Gasteiger partial charge in [0.2, 0.25) is 5.71 Å². The van der Waals surface area contributed by atoms with Gasteiger partial charge in [0.05, 0.1) is 11.3 Å². The van der Waals surface area contributed by atoms with Gasteiger partial charge in [-0.2, -0.15) is 0 Å². The van der Waals surface area contributed by atoms with Crippen molar-refractivity contribution in [1.29, 1.82) is 0 Å². The Morgan fingerprint density at radius 1 is 1.38 bits per heavy atom. The third kappa shape index (κ3) is 1.98. The van der Waals surface area contributed by atoms with Crippen molar-refractivity contribution in [2.45, 2.75) is 39.5 Å². The number of benzene rings is 1. The Morgan fingerprint density at radius 3 is 2.92 bits per heavy atom. The number of hydrogen-bond acceptors (Lipinski definition) is 1. The van der Waals surface area contributed by atoms with Crippen LogP contribution >= 0.6 is 0 Å². The van der Waals surface area contributed by atoms with Crippen molar-refractivity contribution < 1.29 is 14.5 Å². The van der Waals surface area contributed by atoms with Crippen molar-refractivity contribution in [2.75, 3.05) is 13.1 Å². The maximum absolute atomic E-state index is 11.9. The van der Waals surface area contributed by atoms with Crippen molar-refractivity contribution >= 4 is 22.6 Å². The van der Waals surface area contributed by atoms with E-state index in [2.05, 4.69) is 40.7 Å². The standard InChI is InChI=1S/C20H24N2O2/c1-3-20(13(2)19(23)24)10-6-11-22-12-9-15-14-7-4-5-8-16(14)21-17(15)18(20)22/h4-5,7-8,13H,3,6,9-12H2,1-2H3,(H,23,24)/p+1. The van der Waals surface area contributed by atoms with Gasteiger partial charge in [-0.05, 0) is 24.5 Å². The number of nitrogens with zero attached hydrogens (tertiary/aromatic N) is 1. The molecule has 2 aliphatic heterocycles. The largest absolute Gasteiger partial charge is 0.481 e. The second-order valence-electron chi connectivity index (χ2n) is 7.28. The molecule has 2 unspecified atom stereocenters. The Labute approximate surface area is 142 Å². The van der Waals surface area contributed by atoms with Crippen LogP contribution in [0.2, 0.25) is 0 Å². The van der Waals surface area contributed by atoms with Gasteiger partial charge >= 0.3 is 5.97 Å². The maximum atomic E-state index is 11.9. The highest BCUT2D eigenvalue weighted by molar-refractivity contribution is 6.07. The minimum Gasteiger partial charge on any atom is -0.481 e. The molecule has 2 atom stereocenters. The Balaban J connectivity index is 1.98. The number of aromatic amines is 1. The van der Waals surface area contributed by atoms with Gasteiger partial charge in [-0.25, -0.2) is 4.58 Å². The summed E-state index contributed by atoms with van der Waals surface area (Å²) >= 11 is 0. The molecule has 3 heterocycles. The summed E-state index contributed by atoms with van der Waals surface area (Å²) in [4.78, 5) is 15.5. The Hall–Kier alpha value is -2.10. The average molecular weight is 325 g/mol. The second kappa shape index (κ2) is 5.47. The van der Waals surface area contributed by atoms with Crippen molar-refractivity contribution in [1.82, 2.24) is 4.98 Å². The molecule has 1 aromatic carbocycles. The number of rotatable bonds is 3. The van der Waals surface area contributed by atoms with Crippen LogP contribution in [0.1, 0.15) is 44.4 Å². The lowest BCUT2D eigenvalue weighted by Gasteiger charge is -2.39. The fourth-order valence-electron chi connectivity index (χ4n) is 4.98. The fourth-order valence-corrected chi connectivity index (χ4v) is 4.98. The summed E-state index contributed by atoms with van der Waals surface area (Å²) in [6.07, 6.45) is 3.92. The Kier molecular flexibility index (Phi) is 3.52. The number of H-pyrrole nitrogens is 1. The molecule has 4 rings (SSSR count). The maximum Gasteiger partial charge on any atom is 0.307 e. The summed E-state index contributed by atoms with van der Waals surface area (Å²) in [7, 11) is 0.